The van der Waals surface area contributed by atoms with E-state index in [0.717, 1.165) is 17.7 Å². The summed E-state index contributed by atoms with van der Waals surface area (Å²) >= 11 is 0. The molecule has 1 heterocycles. The first kappa shape index (κ1) is 13.6. The third kappa shape index (κ3) is 2.90. The quantitative estimate of drug-likeness (QED) is 0.810. The van der Waals surface area contributed by atoms with Gasteiger partial charge in [0.15, 0.2) is 0 Å². The lowest BCUT2D eigenvalue weighted by atomic mass is 9.93. The van der Waals surface area contributed by atoms with Crippen molar-refractivity contribution >= 4 is 17.3 Å². The third-order valence-corrected chi connectivity index (χ3v) is 3.84. The molecule has 0 spiro atoms. The second kappa shape index (κ2) is 5.97. The molecule has 1 unspecified atom stereocenters. The Balaban J connectivity index is 1.72. The number of carbonyl (C=O) groups excluding carboxylic acids is 1. The lowest BCUT2D eigenvalue weighted by Crippen LogP contribution is -2.34. The number of hydrogen-bond acceptors (Lipinski definition) is 3. The zero-order valence-corrected chi connectivity index (χ0v) is 11.7. The molecule has 2 aromatic carbocycles. The van der Waals surface area contributed by atoms with E-state index in [1.165, 1.54) is 5.56 Å². The van der Waals surface area contributed by atoms with Crippen molar-refractivity contribution in [3.05, 3.63) is 59.7 Å². The molecule has 0 bridgehead atoms. The summed E-state index contributed by atoms with van der Waals surface area (Å²) < 4.78 is 0. The maximum Gasteiger partial charge on any atom is 0.229 e. The average molecular weight is 282 g/mol. The number of rotatable bonds is 3. The normalized spacial score (nSPS) is 16.7. The fraction of sp³-hybridized carbons (Fsp3) is 0.235. The van der Waals surface area contributed by atoms with Crippen molar-refractivity contribution in [1.29, 1.82) is 0 Å². The van der Waals surface area contributed by atoms with Crippen molar-refractivity contribution in [3.63, 3.8) is 0 Å². The number of carbonyl (C=O) groups is 1. The fourth-order valence-electron chi connectivity index (χ4n) is 2.64. The van der Waals surface area contributed by atoms with E-state index < -0.39 is 0 Å². The maximum absolute atomic E-state index is 12.4. The van der Waals surface area contributed by atoms with Crippen molar-refractivity contribution in [1.82, 2.24) is 0 Å². The summed E-state index contributed by atoms with van der Waals surface area (Å²) in [4.78, 5) is 12.4. The zero-order chi connectivity index (χ0) is 14.7. The second-order valence-electron chi connectivity index (χ2n) is 5.24. The highest BCUT2D eigenvalue weighted by Gasteiger charge is 2.24. The number of nitrogens with one attached hydrogen (secondary N) is 2. The minimum absolute atomic E-state index is 0.0158. The van der Waals surface area contributed by atoms with Crippen LogP contribution < -0.4 is 10.6 Å². The topological polar surface area (TPSA) is 61.4 Å². The van der Waals surface area contributed by atoms with Crippen LogP contribution in [0.15, 0.2) is 48.5 Å². The number of amides is 1. The summed E-state index contributed by atoms with van der Waals surface area (Å²) in [7, 11) is 0. The van der Waals surface area contributed by atoms with Gasteiger partial charge >= 0.3 is 0 Å². The maximum atomic E-state index is 12.4. The van der Waals surface area contributed by atoms with Crippen LogP contribution in [0, 0.1) is 5.92 Å². The van der Waals surface area contributed by atoms with Crippen molar-refractivity contribution in [3.8, 4) is 0 Å². The SMILES string of the molecule is O=C(Nc1ccccc1CO)C1CNc2ccccc2C1. The van der Waals surface area contributed by atoms with Crippen LogP contribution in [-0.4, -0.2) is 17.6 Å². The highest BCUT2D eigenvalue weighted by molar-refractivity contribution is 5.94. The van der Waals surface area contributed by atoms with Crippen molar-refractivity contribution < 1.29 is 9.90 Å². The number of anilines is 2. The molecule has 0 aromatic heterocycles. The van der Waals surface area contributed by atoms with Crippen LogP contribution in [0.4, 0.5) is 11.4 Å². The Labute approximate surface area is 123 Å². The van der Waals surface area contributed by atoms with Gasteiger partial charge < -0.3 is 15.7 Å². The predicted molar refractivity (Wildman–Crippen MR) is 83.1 cm³/mol. The van der Waals surface area contributed by atoms with Crippen LogP contribution >= 0.6 is 0 Å². The largest absolute Gasteiger partial charge is 0.392 e. The Morgan fingerprint density at radius 3 is 2.81 bits per heavy atom. The van der Waals surface area contributed by atoms with Gasteiger partial charge in [-0.1, -0.05) is 36.4 Å². The minimum Gasteiger partial charge on any atom is -0.392 e. The molecule has 0 saturated carbocycles. The van der Waals surface area contributed by atoms with Crippen LogP contribution in [0.5, 0.6) is 0 Å². The van der Waals surface area contributed by atoms with Gasteiger partial charge in [-0.05, 0) is 24.1 Å². The van der Waals surface area contributed by atoms with Crippen LogP contribution in [0.3, 0.4) is 0 Å². The number of aliphatic hydroxyl groups is 1. The smallest absolute Gasteiger partial charge is 0.229 e. The van der Waals surface area contributed by atoms with E-state index in [2.05, 4.69) is 10.6 Å². The minimum atomic E-state index is -0.105. The van der Waals surface area contributed by atoms with Crippen LogP contribution in [-0.2, 0) is 17.8 Å². The van der Waals surface area contributed by atoms with Crippen molar-refractivity contribution in [2.45, 2.75) is 13.0 Å². The van der Waals surface area contributed by atoms with E-state index in [4.69, 9.17) is 0 Å². The molecule has 0 aliphatic carbocycles. The average Bonchev–Trinajstić information content (AvgIpc) is 2.55. The fourth-order valence-corrected chi connectivity index (χ4v) is 2.64. The van der Waals surface area contributed by atoms with E-state index in [-0.39, 0.29) is 18.4 Å². The Hall–Kier alpha value is -2.33. The zero-order valence-electron chi connectivity index (χ0n) is 11.7. The molecule has 4 nitrogen and oxygen atoms in total. The summed E-state index contributed by atoms with van der Waals surface area (Å²) in [5.74, 6) is -0.121. The van der Waals surface area contributed by atoms with Gasteiger partial charge in [0, 0.05) is 23.5 Å². The van der Waals surface area contributed by atoms with Gasteiger partial charge in [0.1, 0.15) is 0 Å². The molecule has 21 heavy (non-hydrogen) atoms. The Morgan fingerprint density at radius 1 is 1.19 bits per heavy atom. The highest BCUT2D eigenvalue weighted by Crippen LogP contribution is 2.25. The first-order chi connectivity index (χ1) is 10.3. The van der Waals surface area contributed by atoms with Gasteiger partial charge in [-0.25, -0.2) is 0 Å². The van der Waals surface area contributed by atoms with E-state index in [1.807, 2.05) is 48.5 Å². The number of benzene rings is 2. The molecule has 1 aliphatic rings. The monoisotopic (exact) mass is 282 g/mol. The molecular weight excluding hydrogens is 264 g/mol. The lowest BCUT2D eigenvalue weighted by molar-refractivity contribution is -0.119. The van der Waals surface area contributed by atoms with Crippen molar-refractivity contribution in [2.75, 3.05) is 17.2 Å². The Morgan fingerprint density at radius 2 is 1.95 bits per heavy atom. The van der Waals surface area contributed by atoms with E-state index in [9.17, 15) is 9.90 Å². The lowest BCUT2D eigenvalue weighted by Gasteiger charge is -2.25. The van der Waals surface area contributed by atoms with E-state index >= 15 is 0 Å². The molecule has 0 radical (unpaired) electrons. The summed E-state index contributed by atoms with van der Waals surface area (Å²) in [6.07, 6.45) is 0.732. The molecular formula is C17H18N2O2. The van der Waals surface area contributed by atoms with Gasteiger partial charge in [0.2, 0.25) is 5.91 Å². The number of fused-ring (bicyclic) bond motifs is 1. The molecule has 3 rings (SSSR count). The first-order valence-corrected chi connectivity index (χ1v) is 7.09. The number of hydrogen-bond donors (Lipinski definition) is 3. The molecule has 1 aliphatic heterocycles. The molecule has 0 fully saturated rings. The van der Waals surface area contributed by atoms with Gasteiger partial charge in [-0.15, -0.1) is 0 Å². The van der Waals surface area contributed by atoms with Crippen LogP contribution in [0.1, 0.15) is 11.1 Å². The molecule has 2 aromatic rings. The first-order valence-electron chi connectivity index (χ1n) is 7.09. The van der Waals surface area contributed by atoms with E-state index in [1.54, 1.807) is 0 Å². The molecule has 108 valence electrons. The predicted octanol–water partition coefficient (Wildman–Crippen LogP) is 2.40. The number of aliphatic hydroxyl groups excluding tert-OH is 1. The summed E-state index contributed by atoms with van der Waals surface area (Å²) in [5.41, 5.74) is 3.69. The Kier molecular flexibility index (Phi) is 3.88. The summed E-state index contributed by atoms with van der Waals surface area (Å²) in [6.45, 7) is 0.548. The molecule has 1 amide bonds. The van der Waals surface area contributed by atoms with E-state index in [0.29, 0.717) is 12.2 Å². The summed E-state index contributed by atoms with van der Waals surface area (Å²) in [5, 5.41) is 15.5. The highest BCUT2D eigenvalue weighted by atomic mass is 16.3. The number of para-hydroxylation sites is 2. The van der Waals surface area contributed by atoms with Gasteiger partial charge in [-0.2, -0.15) is 0 Å². The molecule has 3 N–H and O–H groups in total. The van der Waals surface area contributed by atoms with Gasteiger partial charge in [0.05, 0.1) is 12.5 Å². The standard InChI is InChI=1S/C17H18N2O2/c20-11-13-6-2-4-8-16(13)19-17(21)14-9-12-5-1-3-7-15(12)18-10-14/h1-8,14,18,20H,9-11H2,(H,19,21). The van der Waals surface area contributed by atoms with Gasteiger partial charge in [-0.3, -0.25) is 4.79 Å². The van der Waals surface area contributed by atoms with Gasteiger partial charge in [0.25, 0.3) is 0 Å². The molecule has 0 saturated heterocycles. The van der Waals surface area contributed by atoms with Crippen LogP contribution in [0.25, 0.3) is 0 Å². The molecule has 4 heteroatoms. The Bertz CT molecular complexity index is 655. The van der Waals surface area contributed by atoms with Crippen molar-refractivity contribution in [2.24, 2.45) is 5.92 Å². The second-order valence-corrected chi connectivity index (χ2v) is 5.24. The third-order valence-electron chi connectivity index (χ3n) is 3.84. The van der Waals surface area contributed by atoms with Crippen LogP contribution in [0.2, 0.25) is 0 Å². The molecule has 1 atom stereocenters. The summed E-state index contributed by atoms with van der Waals surface area (Å²) in [6, 6.07) is 15.4.